The quantitative estimate of drug-likeness (QED) is 0.807. The normalized spacial score (nSPS) is 22.0. The van der Waals surface area contributed by atoms with Crippen LogP contribution in [0.4, 0.5) is 4.79 Å². The minimum Gasteiger partial charge on any atom is -0.444 e. The third kappa shape index (κ3) is 4.22. The van der Waals surface area contributed by atoms with Gasteiger partial charge in [0, 0.05) is 30.7 Å². The van der Waals surface area contributed by atoms with Crippen LogP contribution >= 0.6 is 11.8 Å². The highest BCUT2D eigenvalue weighted by atomic mass is 32.2. The van der Waals surface area contributed by atoms with Crippen LogP contribution in [0.2, 0.25) is 0 Å². The van der Waals surface area contributed by atoms with Crippen LogP contribution < -0.4 is 0 Å². The molecule has 5 heteroatoms. The number of carbonyl (C=O) groups is 1. The lowest BCUT2D eigenvalue weighted by Crippen LogP contribution is -2.48. The summed E-state index contributed by atoms with van der Waals surface area (Å²) in [5, 5.41) is 8.96. The highest BCUT2D eigenvalue weighted by molar-refractivity contribution is 7.99. The molecular weight excluding hydrogens is 226 g/mol. The summed E-state index contributed by atoms with van der Waals surface area (Å²) in [6.07, 6.45) is 0.373. The summed E-state index contributed by atoms with van der Waals surface area (Å²) in [6.45, 7) is 6.43. The van der Waals surface area contributed by atoms with E-state index in [1.54, 1.807) is 4.90 Å². The minimum atomic E-state index is -0.453. The van der Waals surface area contributed by atoms with Gasteiger partial charge >= 0.3 is 6.09 Å². The first kappa shape index (κ1) is 13.6. The minimum absolute atomic E-state index is 0.110. The molecule has 1 unspecified atom stereocenters. The first-order chi connectivity index (χ1) is 7.44. The van der Waals surface area contributed by atoms with Crippen molar-refractivity contribution in [3.63, 3.8) is 0 Å². The maximum Gasteiger partial charge on any atom is 0.410 e. The van der Waals surface area contributed by atoms with Crippen molar-refractivity contribution in [1.29, 1.82) is 0 Å². The number of amides is 1. The second-order valence-corrected chi connectivity index (χ2v) is 6.06. The van der Waals surface area contributed by atoms with Crippen molar-refractivity contribution in [2.24, 2.45) is 0 Å². The van der Waals surface area contributed by atoms with Crippen molar-refractivity contribution < 1.29 is 14.6 Å². The van der Waals surface area contributed by atoms with E-state index in [0.29, 0.717) is 13.0 Å². The van der Waals surface area contributed by atoms with Gasteiger partial charge in [0.15, 0.2) is 0 Å². The Labute approximate surface area is 101 Å². The zero-order valence-electron chi connectivity index (χ0n) is 10.2. The van der Waals surface area contributed by atoms with Gasteiger partial charge in [0.25, 0.3) is 0 Å². The fraction of sp³-hybridized carbons (Fsp3) is 0.909. The Hall–Kier alpha value is -0.420. The Kier molecular flexibility index (Phi) is 4.92. The molecule has 0 aromatic rings. The number of aliphatic hydroxyl groups is 1. The lowest BCUT2D eigenvalue weighted by molar-refractivity contribution is 0.0167. The SMILES string of the molecule is CC(C)(C)OC(=O)N1CCSCC1CCO. The molecule has 16 heavy (non-hydrogen) atoms. The molecule has 1 N–H and O–H groups in total. The second-order valence-electron chi connectivity index (χ2n) is 4.91. The summed E-state index contributed by atoms with van der Waals surface area (Å²) in [4.78, 5) is 13.7. The average Bonchev–Trinajstić information content (AvgIpc) is 2.16. The topological polar surface area (TPSA) is 49.8 Å². The van der Waals surface area contributed by atoms with Crippen molar-refractivity contribution in [3.05, 3.63) is 0 Å². The second kappa shape index (κ2) is 5.77. The van der Waals surface area contributed by atoms with Crippen molar-refractivity contribution >= 4 is 17.9 Å². The van der Waals surface area contributed by atoms with Crippen LogP contribution in [-0.2, 0) is 4.74 Å². The highest BCUT2D eigenvalue weighted by Gasteiger charge is 2.30. The van der Waals surface area contributed by atoms with E-state index in [1.165, 1.54) is 0 Å². The number of thioether (sulfide) groups is 1. The summed E-state index contributed by atoms with van der Waals surface area (Å²) in [6, 6.07) is 0.110. The largest absolute Gasteiger partial charge is 0.444 e. The standard InChI is InChI=1S/C11H21NO3S/c1-11(2,3)15-10(14)12-5-7-16-8-9(12)4-6-13/h9,13H,4-8H2,1-3H3. The van der Waals surface area contributed by atoms with Crippen molar-refractivity contribution in [3.8, 4) is 0 Å². The van der Waals surface area contributed by atoms with Crippen LogP contribution in [0.25, 0.3) is 0 Å². The van der Waals surface area contributed by atoms with Gasteiger partial charge in [-0.05, 0) is 27.2 Å². The van der Waals surface area contributed by atoms with Crippen LogP contribution in [0.15, 0.2) is 0 Å². The molecule has 0 spiro atoms. The molecule has 4 nitrogen and oxygen atoms in total. The predicted octanol–water partition coefficient (Wildman–Crippen LogP) is 1.72. The van der Waals surface area contributed by atoms with E-state index in [4.69, 9.17) is 9.84 Å². The van der Waals surface area contributed by atoms with Crippen LogP contribution in [0.1, 0.15) is 27.2 Å². The highest BCUT2D eigenvalue weighted by Crippen LogP contribution is 2.21. The first-order valence-electron chi connectivity index (χ1n) is 5.62. The molecule has 1 amide bonds. The zero-order valence-corrected chi connectivity index (χ0v) is 11.0. The smallest absolute Gasteiger partial charge is 0.410 e. The molecule has 1 fully saturated rings. The number of hydrogen-bond donors (Lipinski definition) is 1. The molecule has 0 aromatic heterocycles. The van der Waals surface area contributed by atoms with Gasteiger partial charge < -0.3 is 14.7 Å². The monoisotopic (exact) mass is 247 g/mol. The molecule has 0 aromatic carbocycles. The fourth-order valence-corrected chi connectivity index (χ4v) is 2.72. The molecule has 0 bridgehead atoms. The molecule has 1 rings (SSSR count). The fourth-order valence-electron chi connectivity index (χ4n) is 1.60. The Morgan fingerprint density at radius 2 is 2.25 bits per heavy atom. The van der Waals surface area contributed by atoms with Crippen LogP contribution in [0.5, 0.6) is 0 Å². The molecule has 0 saturated carbocycles. The van der Waals surface area contributed by atoms with Crippen LogP contribution in [0.3, 0.4) is 0 Å². The van der Waals surface area contributed by atoms with E-state index in [-0.39, 0.29) is 18.7 Å². The predicted molar refractivity (Wildman–Crippen MR) is 65.8 cm³/mol. The number of carbonyl (C=O) groups excluding carboxylic acids is 1. The van der Waals surface area contributed by atoms with Gasteiger partial charge in [0.1, 0.15) is 5.60 Å². The number of rotatable bonds is 2. The van der Waals surface area contributed by atoms with Gasteiger partial charge in [0.2, 0.25) is 0 Å². The van der Waals surface area contributed by atoms with E-state index < -0.39 is 5.60 Å². The molecule has 1 saturated heterocycles. The van der Waals surface area contributed by atoms with Gasteiger partial charge in [-0.1, -0.05) is 0 Å². The number of hydrogen-bond acceptors (Lipinski definition) is 4. The number of nitrogens with zero attached hydrogens (tertiary/aromatic N) is 1. The lowest BCUT2D eigenvalue weighted by Gasteiger charge is -2.36. The van der Waals surface area contributed by atoms with Gasteiger partial charge in [-0.3, -0.25) is 0 Å². The summed E-state index contributed by atoms with van der Waals surface area (Å²) < 4.78 is 5.35. The molecule has 1 heterocycles. The Morgan fingerprint density at radius 3 is 2.81 bits per heavy atom. The Bertz CT molecular complexity index is 238. The maximum atomic E-state index is 11.9. The third-order valence-electron chi connectivity index (χ3n) is 2.32. The molecular formula is C11H21NO3S. The van der Waals surface area contributed by atoms with E-state index in [0.717, 1.165) is 11.5 Å². The van der Waals surface area contributed by atoms with Crippen molar-refractivity contribution in [2.45, 2.75) is 38.8 Å². The van der Waals surface area contributed by atoms with E-state index in [9.17, 15) is 4.79 Å². The van der Waals surface area contributed by atoms with Gasteiger partial charge in [-0.15, -0.1) is 0 Å². The number of ether oxygens (including phenoxy) is 1. The van der Waals surface area contributed by atoms with Gasteiger partial charge in [0.05, 0.1) is 0 Å². The summed E-state index contributed by atoms with van der Waals surface area (Å²) in [7, 11) is 0. The van der Waals surface area contributed by atoms with Gasteiger partial charge in [-0.2, -0.15) is 11.8 Å². The molecule has 94 valence electrons. The van der Waals surface area contributed by atoms with Crippen LogP contribution in [0, 0.1) is 0 Å². The average molecular weight is 247 g/mol. The zero-order chi connectivity index (χ0) is 12.2. The Morgan fingerprint density at radius 1 is 1.56 bits per heavy atom. The first-order valence-corrected chi connectivity index (χ1v) is 6.78. The molecule has 0 radical (unpaired) electrons. The molecule has 0 aliphatic carbocycles. The molecule has 1 aliphatic rings. The van der Waals surface area contributed by atoms with Crippen molar-refractivity contribution in [2.75, 3.05) is 24.7 Å². The van der Waals surface area contributed by atoms with Crippen molar-refractivity contribution in [1.82, 2.24) is 4.90 Å². The van der Waals surface area contributed by atoms with Crippen LogP contribution in [-0.4, -0.2) is 52.4 Å². The Balaban J connectivity index is 2.57. The van der Waals surface area contributed by atoms with E-state index in [2.05, 4.69) is 0 Å². The summed E-state index contributed by atoms with van der Waals surface area (Å²) in [5.41, 5.74) is -0.453. The van der Waals surface area contributed by atoms with E-state index >= 15 is 0 Å². The number of aliphatic hydroxyl groups excluding tert-OH is 1. The maximum absolute atomic E-state index is 11.9. The molecule has 1 atom stereocenters. The summed E-state index contributed by atoms with van der Waals surface area (Å²) in [5.74, 6) is 1.83. The lowest BCUT2D eigenvalue weighted by atomic mass is 10.2. The summed E-state index contributed by atoms with van der Waals surface area (Å²) >= 11 is 1.82. The van der Waals surface area contributed by atoms with Gasteiger partial charge in [-0.25, -0.2) is 4.79 Å². The third-order valence-corrected chi connectivity index (χ3v) is 3.41. The molecule has 1 aliphatic heterocycles. The van der Waals surface area contributed by atoms with E-state index in [1.807, 2.05) is 32.5 Å².